The third-order valence-corrected chi connectivity index (χ3v) is 2.73. The normalized spacial score (nSPS) is 30.3. The molecule has 0 aromatic heterocycles. The minimum absolute atomic E-state index is 0.256. The van der Waals surface area contributed by atoms with E-state index in [2.05, 4.69) is 5.32 Å². The van der Waals surface area contributed by atoms with Gasteiger partial charge in [-0.05, 0) is 18.8 Å². The number of carbonyl (C=O) groups is 1. The first-order valence-corrected chi connectivity index (χ1v) is 4.56. The van der Waals surface area contributed by atoms with Crippen LogP contribution in [0.4, 0.5) is 4.79 Å². The molecule has 0 spiro atoms. The second-order valence-electron chi connectivity index (χ2n) is 3.64. The molecule has 0 radical (unpaired) electrons. The summed E-state index contributed by atoms with van der Waals surface area (Å²) in [7, 11) is 0. The summed E-state index contributed by atoms with van der Waals surface area (Å²) in [6, 6.07) is 0.115. The summed E-state index contributed by atoms with van der Waals surface area (Å²) in [5.74, 6) is 0.713. The van der Waals surface area contributed by atoms with E-state index in [0.717, 1.165) is 19.6 Å². The first-order valence-electron chi connectivity index (χ1n) is 4.56. The second kappa shape index (κ2) is 2.94. The van der Waals surface area contributed by atoms with E-state index < -0.39 is 0 Å². The molecule has 1 saturated heterocycles. The monoisotopic (exact) mass is 169 g/mol. The average Bonchev–Trinajstić information content (AvgIpc) is 2.87. The summed E-state index contributed by atoms with van der Waals surface area (Å²) in [5, 5.41) is 3.29. The number of carbonyl (C=O) groups excluding carboxylic acids is 1. The van der Waals surface area contributed by atoms with Gasteiger partial charge in [0.2, 0.25) is 0 Å². The molecule has 1 aliphatic carbocycles. The summed E-state index contributed by atoms with van der Waals surface area (Å²) in [5.41, 5.74) is 5.28. The Balaban J connectivity index is 2.00. The fraction of sp³-hybridized carbons (Fsp3) is 0.875. The Kier molecular flexibility index (Phi) is 1.92. The number of nitrogens with two attached hydrogens (primary N) is 1. The zero-order chi connectivity index (χ0) is 8.55. The Morgan fingerprint density at radius 1 is 1.50 bits per heavy atom. The molecule has 12 heavy (non-hydrogen) atoms. The topological polar surface area (TPSA) is 58.4 Å². The van der Waals surface area contributed by atoms with Crippen LogP contribution in [0.1, 0.15) is 12.8 Å². The number of primary amides is 1. The number of rotatable bonds is 1. The van der Waals surface area contributed by atoms with Gasteiger partial charge in [-0.2, -0.15) is 0 Å². The van der Waals surface area contributed by atoms with Crippen LogP contribution in [0.2, 0.25) is 0 Å². The van der Waals surface area contributed by atoms with Gasteiger partial charge >= 0.3 is 6.03 Å². The van der Waals surface area contributed by atoms with Gasteiger partial charge in [0.25, 0.3) is 0 Å². The fourth-order valence-corrected chi connectivity index (χ4v) is 1.90. The lowest BCUT2D eigenvalue weighted by molar-refractivity contribution is 0.156. The van der Waals surface area contributed by atoms with Crippen molar-refractivity contribution in [3.63, 3.8) is 0 Å². The molecule has 0 aromatic rings. The minimum Gasteiger partial charge on any atom is -0.351 e. The van der Waals surface area contributed by atoms with Crippen LogP contribution >= 0.6 is 0 Å². The summed E-state index contributed by atoms with van der Waals surface area (Å²) < 4.78 is 0. The van der Waals surface area contributed by atoms with Crippen molar-refractivity contribution < 1.29 is 4.79 Å². The molecular weight excluding hydrogens is 154 g/mol. The number of nitrogens with one attached hydrogen (secondary N) is 1. The van der Waals surface area contributed by atoms with E-state index >= 15 is 0 Å². The highest BCUT2D eigenvalue weighted by molar-refractivity contribution is 5.72. The molecule has 0 bridgehead atoms. The van der Waals surface area contributed by atoms with Crippen molar-refractivity contribution in [2.45, 2.75) is 18.9 Å². The highest BCUT2D eigenvalue weighted by Gasteiger charge is 2.37. The number of hydrogen-bond donors (Lipinski definition) is 2. The van der Waals surface area contributed by atoms with Crippen molar-refractivity contribution in [3.8, 4) is 0 Å². The number of amides is 2. The lowest BCUT2D eigenvalue weighted by Gasteiger charge is -2.35. The summed E-state index contributed by atoms with van der Waals surface area (Å²) in [6.07, 6.45) is 2.52. The lowest BCUT2D eigenvalue weighted by Crippen LogP contribution is -2.56. The zero-order valence-corrected chi connectivity index (χ0v) is 7.12. The van der Waals surface area contributed by atoms with E-state index in [1.165, 1.54) is 12.8 Å². The zero-order valence-electron chi connectivity index (χ0n) is 7.12. The highest BCUT2D eigenvalue weighted by Crippen LogP contribution is 2.35. The van der Waals surface area contributed by atoms with E-state index in [9.17, 15) is 4.79 Å². The predicted octanol–water partition coefficient (Wildman–Crippen LogP) is -0.251. The molecule has 1 atom stereocenters. The molecular formula is C8H15N3O. The number of urea groups is 1. The average molecular weight is 169 g/mol. The second-order valence-corrected chi connectivity index (χ2v) is 3.64. The number of piperazine rings is 1. The molecule has 0 aromatic carbocycles. The Labute approximate surface area is 72.1 Å². The van der Waals surface area contributed by atoms with Crippen molar-refractivity contribution in [1.29, 1.82) is 0 Å². The maximum atomic E-state index is 11.0. The van der Waals surface area contributed by atoms with Crippen molar-refractivity contribution in [1.82, 2.24) is 10.2 Å². The smallest absolute Gasteiger partial charge is 0.315 e. The molecule has 1 unspecified atom stereocenters. The van der Waals surface area contributed by atoms with Gasteiger partial charge in [-0.25, -0.2) is 4.79 Å². The van der Waals surface area contributed by atoms with E-state index in [-0.39, 0.29) is 6.03 Å². The highest BCUT2D eigenvalue weighted by atomic mass is 16.2. The van der Waals surface area contributed by atoms with Crippen LogP contribution < -0.4 is 11.1 Å². The van der Waals surface area contributed by atoms with Crippen molar-refractivity contribution in [3.05, 3.63) is 0 Å². The van der Waals surface area contributed by atoms with Crippen molar-refractivity contribution >= 4 is 6.03 Å². The van der Waals surface area contributed by atoms with Crippen LogP contribution in [-0.2, 0) is 0 Å². The quantitative estimate of drug-likeness (QED) is 0.568. The van der Waals surface area contributed by atoms with Gasteiger partial charge < -0.3 is 16.0 Å². The van der Waals surface area contributed by atoms with Gasteiger partial charge in [-0.3, -0.25) is 0 Å². The largest absolute Gasteiger partial charge is 0.351 e. The van der Waals surface area contributed by atoms with Crippen LogP contribution in [0.15, 0.2) is 0 Å². The van der Waals surface area contributed by atoms with Crippen LogP contribution in [0.3, 0.4) is 0 Å². The van der Waals surface area contributed by atoms with E-state index in [1.54, 1.807) is 0 Å². The van der Waals surface area contributed by atoms with Gasteiger partial charge in [0.05, 0.1) is 0 Å². The lowest BCUT2D eigenvalue weighted by atomic mass is 10.1. The molecule has 4 nitrogen and oxygen atoms in total. The molecule has 2 rings (SSSR count). The molecule has 1 aliphatic heterocycles. The Hall–Kier alpha value is -0.770. The van der Waals surface area contributed by atoms with Crippen molar-refractivity contribution in [2.24, 2.45) is 11.7 Å². The number of nitrogens with zero attached hydrogens (tertiary/aromatic N) is 1. The van der Waals surface area contributed by atoms with E-state index in [0.29, 0.717) is 12.0 Å². The van der Waals surface area contributed by atoms with Gasteiger partial charge in [-0.1, -0.05) is 0 Å². The summed E-state index contributed by atoms with van der Waals surface area (Å²) >= 11 is 0. The van der Waals surface area contributed by atoms with Gasteiger partial charge in [0.15, 0.2) is 0 Å². The molecule has 68 valence electrons. The van der Waals surface area contributed by atoms with Crippen LogP contribution in [0.25, 0.3) is 0 Å². The number of hydrogen-bond acceptors (Lipinski definition) is 2. The minimum atomic E-state index is -0.256. The van der Waals surface area contributed by atoms with Gasteiger partial charge in [-0.15, -0.1) is 0 Å². The van der Waals surface area contributed by atoms with E-state index in [1.807, 2.05) is 4.90 Å². The van der Waals surface area contributed by atoms with Crippen LogP contribution in [0.5, 0.6) is 0 Å². The van der Waals surface area contributed by atoms with Gasteiger partial charge in [0.1, 0.15) is 0 Å². The predicted molar refractivity (Wildman–Crippen MR) is 45.7 cm³/mol. The summed E-state index contributed by atoms with van der Waals surface area (Å²) in [4.78, 5) is 12.8. The molecule has 4 heteroatoms. The molecule has 2 aliphatic rings. The molecule has 1 saturated carbocycles. The van der Waals surface area contributed by atoms with Crippen molar-refractivity contribution in [2.75, 3.05) is 19.6 Å². The third-order valence-electron chi connectivity index (χ3n) is 2.73. The standard InChI is InChI=1S/C8H15N3O/c9-8(12)11-4-3-10-5-7(11)6-1-2-6/h6-7,10H,1-5H2,(H2,9,12). The Morgan fingerprint density at radius 3 is 2.83 bits per heavy atom. The fourth-order valence-electron chi connectivity index (χ4n) is 1.90. The molecule has 1 heterocycles. The molecule has 3 N–H and O–H groups in total. The van der Waals surface area contributed by atoms with E-state index in [4.69, 9.17) is 5.73 Å². The first kappa shape index (κ1) is 7.86. The maximum Gasteiger partial charge on any atom is 0.315 e. The molecule has 2 amide bonds. The molecule has 2 fully saturated rings. The first-order chi connectivity index (χ1) is 5.79. The third kappa shape index (κ3) is 1.39. The Morgan fingerprint density at radius 2 is 2.25 bits per heavy atom. The Bertz CT molecular complexity index is 191. The summed E-state index contributed by atoms with van der Waals surface area (Å²) in [6.45, 7) is 2.58. The van der Waals surface area contributed by atoms with Crippen LogP contribution in [-0.4, -0.2) is 36.6 Å². The van der Waals surface area contributed by atoms with Gasteiger partial charge in [0, 0.05) is 25.7 Å². The maximum absolute atomic E-state index is 11.0. The van der Waals surface area contributed by atoms with Crippen LogP contribution in [0, 0.1) is 5.92 Å². The SMILES string of the molecule is NC(=O)N1CCNCC1C1CC1.